The molecule has 4 heteroatoms. The number of ketones is 1. The van der Waals surface area contributed by atoms with Gasteiger partial charge in [-0.3, -0.25) is 4.79 Å². The molecule has 0 saturated heterocycles. The first-order valence-electron chi connectivity index (χ1n) is 6.47. The zero-order valence-electron chi connectivity index (χ0n) is 10.7. The molecule has 100 valence electrons. The minimum absolute atomic E-state index is 0.265. The first kappa shape index (κ1) is 12.5. The Kier molecular flexibility index (Phi) is 3.29. The molecule has 1 heterocycles. The van der Waals surface area contributed by atoms with Crippen molar-refractivity contribution >= 4 is 5.78 Å². The number of hydrogen-bond donors (Lipinski definition) is 0. The number of Topliss-reactive ketones (excluding diaryl/α,β-unsaturated/α-hetero) is 1. The van der Waals surface area contributed by atoms with Crippen molar-refractivity contribution in [2.45, 2.75) is 18.6 Å². The topological polar surface area (TPSA) is 55.7 Å². The average molecular weight is 267 g/mol. The van der Waals surface area contributed by atoms with E-state index in [-0.39, 0.29) is 18.3 Å². The number of rotatable bonds is 2. The van der Waals surface area contributed by atoms with Crippen LogP contribution in [0.3, 0.4) is 0 Å². The lowest BCUT2D eigenvalue weighted by atomic mass is 9.98. The Morgan fingerprint density at radius 2 is 1.70 bits per heavy atom. The third-order valence-electron chi connectivity index (χ3n) is 3.46. The predicted octanol–water partition coefficient (Wildman–Crippen LogP) is 3.53. The fourth-order valence-electron chi connectivity index (χ4n) is 2.43. The second-order valence-corrected chi connectivity index (χ2v) is 4.73. The van der Waals surface area contributed by atoms with E-state index in [0.29, 0.717) is 11.3 Å². The smallest absolute Gasteiger partial charge is 0.194 e. The molecule has 0 saturated carbocycles. The largest absolute Gasteiger partial charge is 0.485 e. The first-order chi connectivity index (χ1) is 9.79. The monoisotopic (exact) mass is 267 g/mol. The zero-order chi connectivity index (χ0) is 13.9. The van der Waals surface area contributed by atoms with E-state index in [1.54, 1.807) is 18.2 Å². The number of carbonyl (C=O) groups is 1. The predicted molar refractivity (Wildman–Crippen MR) is 74.8 cm³/mol. The van der Waals surface area contributed by atoms with Crippen LogP contribution in [-0.4, -0.2) is 11.8 Å². The van der Waals surface area contributed by atoms with Crippen LogP contribution in [0.5, 0.6) is 5.75 Å². The number of fused-ring (bicyclic) bond motifs is 1. The van der Waals surface area contributed by atoms with Gasteiger partial charge in [0.15, 0.2) is 11.8 Å². The SMILES string of the molecule is O=NC1CC(c2ccccc2)Oc2ccccc2C1=O. The van der Waals surface area contributed by atoms with E-state index in [1.165, 1.54) is 0 Å². The Bertz CT molecular complexity index is 639. The molecule has 0 aliphatic carbocycles. The van der Waals surface area contributed by atoms with Crippen LogP contribution < -0.4 is 4.74 Å². The molecule has 2 aromatic rings. The van der Waals surface area contributed by atoms with Gasteiger partial charge in [-0.25, -0.2) is 0 Å². The molecular formula is C16H13NO3. The standard InChI is InChI=1S/C16H13NO3/c18-16-12-8-4-5-9-14(12)20-15(10-13(16)17-19)11-6-2-1-3-7-11/h1-9,13,15H,10H2. The molecule has 0 aromatic heterocycles. The van der Waals surface area contributed by atoms with Crippen molar-refractivity contribution in [1.29, 1.82) is 0 Å². The Hall–Kier alpha value is -2.49. The highest BCUT2D eigenvalue weighted by Gasteiger charge is 2.32. The third kappa shape index (κ3) is 2.20. The Morgan fingerprint density at radius 1 is 1.00 bits per heavy atom. The van der Waals surface area contributed by atoms with Crippen LogP contribution in [0, 0.1) is 4.91 Å². The van der Waals surface area contributed by atoms with Gasteiger partial charge in [0.2, 0.25) is 0 Å². The van der Waals surface area contributed by atoms with E-state index >= 15 is 0 Å². The van der Waals surface area contributed by atoms with Gasteiger partial charge in [-0.1, -0.05) is 47.6 Å². The summed E-state index contributed by atoms with van der Waals surface area (Å²) in [6, 6.07) is 15.6. The van der Waals surface area contributed by atoms with Gasteiger partial charge in [-0.2, -0.15) is 4.91 Å². The third-order valence-corrected chi connectivity index (χ3v) is 3.46. The van der Waals surface area contributed by atoms with Crippen molar-refractivity contribution in [3.63, 3.8) is 0 Å². The van der Waals surface area contributed by atoms with Gasteiger partial charge in [0.05, 0.1) is 5.56 Å². The van der Waals surface area contributed by atoms with Crippen molar-refractivity contribution in [3.8, 4) is 5.75 Å². The minimum Gasteiger partial charge on any atom is -0.485 e. The molecule has 0 amide bonds. The Balaban J connectivity index is 2.04. The molecular weight excluding hydrogens is 254 g/mol. The lowest BCUT2D eigenvalue weighted by Gasteiger charge is -2.17. The fraction of sp³-hybridized carbons (Fsp3) is 0.188. The van der Waals surface area contributed by atoms with Crippen LogP contribution in [-0.2, 0) is 0 Å². The number of carbonyl (C=O) groups excluding carboxylic acids is 1. The van der Waals surface area contributed by atoms with E-state index in [1.807, 2.05) is 36.4 Å². The van der Waals surface area contributed by atoms with Crippen molar-refractivity contribution in [2.75, 3.05) is 0 Å². The lowest BCUT2D eigenvalue weighted by Crippen LogP contribution is -2.19. The van der Waals surface area contributed by atoms with Crippen LogP contribution in [0.4, 0.5) is 0 Å². The van der Waals surface area contributed by atoms with Crippen molar-refractivity contribution in [1.82, 2.24) is 0 Å². The maximum absolute atomic E-state index is 12.3. The molecule has 0 fully saturated rings. The summed E-state index contributed by atoms with van der Waals surface area (Å²) in [5.41, 5.74) is 1.36. The number of ether oxygens (including phenoxy) is 1. The summed E-state index contributed by atoms with van der Waals surface area (Å²) in [4.78, 5) is 23.3. The van der Waals surface area contributed by atoms with Gasteiger partial charge in [0.25, 0.3) is 0 Å². The second-order valence-electron chi connectivity index (χ2n) is 4.73. The molecule has 1 aliphatic heterocycles. The molecule has 20 heavy (non-hydrogen) atoms. The molecule has 3 rings (SSSR count). The van der Waals surface area contributed by atoms with Gasteiger partial charge < -0.3 is 4.74 Å². The number of benzene rings is 2. The molecule has 4 nitrogen and oxygen atoms in total. The fourth-order valence-corrected chi connectivity index (χ4v) is 2.43. The molecule has 0 spiro atoms. The number of nitrogens with zero attached hydrogens (tertiary/aromatic N) is 1. The summed E-state index contributed by atoms with van der Waals surface area (Å²) in [5, 5.41) is 2.98. The Labute approximate surface area is 116 Å². The highest BCUT2D eigenvalue weighted by molar-refractivity contribution is 6.02. The molecule has 0 bridgehead atoms. The lowest BCUT2D eigenvalue weighted by molar-refractivity contribution is 0.0951. The summed E-state index contributed by atoms with van der Waals surface area (Å²) in [6.45, 7) is 0. The van der Waals surface area contributed by atoms with E-state index in [4.69, 9.17) is 4.74 Å². The van der Waals surface area contributed by atoms with Crippen molar-refractivity contribution < 1.29 is 9.53 Å². The number of hydrogen-bond acceptors (Lipinski definition) is 4. The van der Waals surface area contributed by atoms with Crippen molar-refractivity contribution in [2.24, 2.45) is 5.18 Å². The summed E-state index contributed by atoms with van der Waals surface area (Å²) in [6.07, 6.45) is -0.0763. The molecule has 2 aromatic carbocycles. The summed E-state index contributed by atoms with van der Waals surface area (Å²) >= 11 is 0. The summed E-state index contributed by atoms with van der Waals surface area (Å²) in [5.74, 6) is 0.242. The van der Waals surface area contributed by atoms with E-state index < -0.39 is 6.04 Å². The normalized spacial score (nSPS) is 21.5. The minimum atomic E-state index is -0.899. The van der Waals surface area contributed by atoms with Crippen LogP contribution in [0.25, 0.3) is 0 Å². The maximum Gasteiger partial charge on any atom is 0.194 e. The molecule has 1 aliphatic rings. The van der Waals surface area contributed by atoms with E-state index in [2.05, 4.69) is 5.18 Å². The zero-order valence-corrected chi connectivity index (χ0v) is 10.7. The maximum atomic E-state index is 12.3. The first-order valence-corrected chi connectivity index (χ1v) is 6.47. The van der Waals surface area contributed by atoms with Gasteiger partial charge in [-0.05, 0) is 17.7 Å². The quantitative estimate of drug-likeness (QED) is 0.782. The average Bonchev–Trinajstić information content (AvgIpc) is 2.65. The Morgan fingerprint density at radius 3 is 2.45 bits per heavy atom. The molecule has 0 N–H and O–H groups in total. The summed E-state index contributed by atoms with van der Waals surface area (Å²) in [7, 11) is 0. The van der Waals surface area contributed by atoms with Crippen LogP contribution in [0.15, 0.2) is 59.8 Å². The molecule has 0 radical (unpaired) electrons. The van der Waals surface area contributed by atoms with Crippen LogP contribution in [0.1, 0.15) is 28.4 Å². The molecule has 2 atom stereocenters. The van der Waals surface area contributed by atoms with E-state index in [9.17, 15) is 9.70 Å². The number of nitroso groups, excluding NO2 is 1. The molecule has 2 unspecified atom stereocenters. The van der Waals surface area contributed by atoms with Crippen molar-refractivity contribution in [3.05, 3.63) is 70.6 Å². The van der Waals surface area contributed by atoms with Crippen LogP contribution in [0.2, 0.25) is 0 Å². The van der Waals surface area contributed by atoms with Gasteiger partial charge in [0.1, 0.15) is 11.9 Å². The van der Waals surface area contributed by atoms with Gasteiger partial charge in [0, 0.05) is 6.42 Å². The summed E-state index contributed by atoms with van der Waals surface area (Å²) < 4.78 is 5.93. The van der Waals surface area contributed by atoms with Crippen LogP contribution >= 0.6 is 0 Å². The van der Waals surface area contributed by atoms with E-state index in [0.717, 1.165) is 5.56 Å². The van der Waals surface area contributed by atoms with Gasteiger partial charge >= 0.3 is 0 Å². The second kappa shape index (κ2) is 5.25. The number of para-hydroxylation sites is 1. The van der Waals surface area contributed by atoms with Gasteiger partial charge in [-0.15, -0.1) is 0 Å². The highest BCUT2D eigenvalue weighted by atomic mass is 16.5. The highest BCUT2D eigenvalue weighted by Crippen LogP contribution is 2.34.